The highest BCUT2D eigenvalue weighted by Gasteiger charge is 2.44. The zero-order valence-corrected chi connectivity index (χ0v) is 12.5. The summed E-state index contributed by atoms with van der Waals surface area (Å²) >= 11 is 0. The van der Waals surface area contributed by atoms with Crippen LogP contribution in [0.1, 0.15) is 47.0 Å². The second-order valence-corrected chi connectivity index (χ2v) is 6.53. The fraction of sp³-hybridized carbons (Fsp3) is 1.00. The van der Waals surface area contributed by atoms with E-state index in [4.69, 9.17) is 4.74 Å². The van der Waals surface area contributed by atoms with E-state index >= 15 is 0 Å². The average Bonchev–Trinajstić information content (AvgIpc) is 2.66. The predicted octanol–water partition coefficient (Wildman–Crippen LogP) is 2.26. The van der Waals surface area contributed by atoms with Gasteiger partial charge in [0.1, 0.15) is 0 Å². The molecule has 1 aliphatic carbocycles. The van der Waals surface area contributed by atoms with E-state index < -0.39 is 0 Å². The number of nitrogens with one attached hydrogen (secondary N) is 1. The fourth-order valence-electron chi connectivity index (χ4n) is 3.68. The van der Waals surface area contributed by atoms with Crippen LogP contribution in [-0.4, -0.2) is 49.3 Å². The largest absolute Gasteiger partial charge is 0.376 e. The van der Waals surface area contributed by atoms with Crippen LogP contribution in [0, 0.1) is 5.41 Å². The molecule has 3 heteroatoms. The lowest BCUT2D eigenvalue weighted by Gasteiger charge is -2.41. The van der Waals surface area contributed by atoms with Crippen molar-refractivity contribution in [3.8, 4) is 0 Å². The predicted molar refractivity (Wildman–Crippen MR) is 75.9 cm³/mol. The van der Waals surface area contributed by atoms with Gasteiger partial charge in [0.2, 0.25) is 0 Å². The molecule has 1 aliphatic heterocycles. The zero-order valence-electron chi connectivity index (χ0n) is 12.5. The molecule has 0 amide bonds. The van der Waals surface area contributed by atoms with E-state index in [-0.39, 0.29) is 0 Å². The summed E-state index contributed by atoms with van der Waals surface area (Å²) in [7, 11) is 0. The molecule has 0 aromatic rings. The topological polar surface area (TPSA) is 24.5 Å². The van der Waals surface area contributed by atoms with Gasteiger partial charge >= 0.3 is 0 Å². The van der Waals surface area contributed by atoms with Crippen LogP contribution in [-0.2, 0) is 4.74 Å². The number of hydrogen-bond acceptors (Lipinski definition) is 3. The second-order valence-electron chi connectivity index (χ2n) is 6.53. The normalized spacial score (nSPS) is 37.0. The van der Waals surface area contributed by atoms with Gasteiger partial charge in [-0.15, -0.1) is 0 Å². The van der Waals surface area contributed by atoms with Crippen molar-refractivity contribution in [3.63, 3.8) is 0 Å². The average molecular weight is 254 g/mol. The van der Waals surface area contributed by atoms with Crippen LogP contribution in [0.5, 0.6) is 0 Å². The van der Waals surface area contributed by atoms with Crippen LogP contribution in [0.4, 0.5) is 0 Å². The van der Waals surface area contributed by atoms with Gasteiger partial charge in [-0.05, 0) is 31.2 Å². The molecule has 0 radical (unpaired) electrons. The van der Waals surface area contributed by atoms with E-state index in [9.17, 15) is 0 Å². The lowest BCUT2D eigenvalue weighted by molar-refractivity contribution is -0.0489. The van der Waals surface area contributed by atoms with E-state index in [1.165, 1.54) is 12.8 Å². The third-order valence-corrected chi connectivity index (χ3v) is 4.83. The smallest absolute Gasteiger partial charge is 0.0700 e. The highest BCUT2D eigenvalue weighted by molar-refractivity contribution is 5.01. The summed E-state index contributed by atoms with van der Waals surface area (Å²) in [6, 6.07) is 1.34. The van der Waals surface area contributed by atoms with Crippen LogP contribution >= 0.6 is 0 Å². The Morgan fingerprint density at radius 3 is 2.78 bits per heavy atom. The summed E-state index contributed by atoms with van der Waals surface area (Å²) in [6.45, 7) is 13.5. The highest BCUT2D eigenvalue weighted by Crippen LogP contribution is 2.40. The van der Waals surface area contributed by atoms with E-state index in [0.29, 0.717) is 23.6 Å². The Bertz CT molecular complexity index is 267. The third kappa shape index (κ3) is 2.89. The third-order valence-electron chi connectivity index (χ3n) is 4.83. The Morgan fingerprint density at radius 1 is 1.33 bits per heavy atom. The molecule has 18 heavy (non-hydrogen) atoms. The molecule has 0 aromatic carbocycles. The van der Waals surface area contributed by atoms with Crippen molar-refractivity contribution in [2.24, 2.45) is 5.41 Å². The standard InChI is InChI=1S/C15H30N2O/c1-5-12-11-17(9-10-18-12)13-7-8-15(3,4)14(13)16-6-2/h12-14,16H,5-11H2,1-4H3. The molecule has 2 rings (SSSR count). The number of morpholine rings is 1. The summed E-state index contributed by atoms with van der Waals surface area (Å²) in [4.78, 5) is 2.68. The Balaban J connectivity index is 2.02. The molecule has 0 aromatic heterocycles. The van der Waals surface area contributed by atoms with Gasteiger partial charge in [-0.2, -0.15) is 0 Å². The van der Waals surface area contributed by atoms with E-state index in [2.05, 4.69) is 37.9 Å². The van der Waals surface area contributed by atoms with Crippen molar-refractivity contribution in [2.45, 2.75) is 65.1 Å². The van der Waals surface area contributed by atoms with Crippen LogP contribution in [0.2, 0.25) is 0 Å². The summed E-state index contributed by atoms with van der Waals surface area (Å²) in [5.41, 5.74) is 0.431. The first-order chi connectivity index (χ1) is 8.58. The first kappa shape index (κ1) is 14.3. The molecule has 0 spiro atoms. The molecule has 1 saturated carbocycles. The maximum Gasteiger partial charge on any atom is 0.0700 e. The quantitative estimate of drug-likeness (QED) is 0.833. The highest BCUT2D eigenvalue weighted by atomic mass is 16.5. The molecular formula is C15H30N2O. The van der Waals surface area contributed by atoms with E-state index in [1.54, 1.807) is 0 Å². The molecule has 3 unspecified atom stereocenters. The summed E-state index contributed by atoms with van der Waals surface area (Å²) < 4.78 is 5.80. The van der Waals surface area contributed by atoms with Crippen LogP contribution in [0.3, 0.4) is 0 Å². The van der Waals surface area contributed by atoms with Gasteiger partial charge in [-0.25, -0.2) is 0 Å². The molecule has 3 nitrogen and oxygen atoms in total. The first-order valence-electron chi connectivity index (χ1n) is 7.67. The minimum Gasteiger partial charge on any atom is -0.376 e. The molecular weight excluding hydrogens is 224 g/mol. The minimum absolute atomic E-state index is 0.431. The molecule has 1 saturated heterocycles. The Hall–Kier alpha value is -0.120. The van der Waals surface area contributed by atoms with Gasteiger partial charge in [-0.3, -0.25) is 4.90 Å². The number of likely N-dealkylation sites (N-methyl/N-ethyl adjacent to an activating group) is 1. The van der Waals surface area contributed by atoms with Gasteiger partial charge in [0, 0.05) is 25.2 Å². The Labute approximate surface area is 112 Å². The SMILES string of the molecule is CCNC1C(N2CCOC(CC)C2)CCC1(C)C. The van der Waals surface area contributed by atoms with Crippen molar-refractivity contribution < 1.29 is 4.74 Å². The number of ether oxygens (including phenoxy) is 1. The second kappa shape index (κ2) is 5.89. The minimum atomic E-state index is 0.431. The Morgan fingerprint density at radius 2 is 2.11 bits per heavy atom. The molecule has 3 atom stereocenters. The number of nitrogens with zero attached hydrogens (tertiary/aromatic N) is 1. The Kier molecular flexibility index (Phi) is 4.68. The van der Waals surface area contributed by atoms with Crippen LogP contribution < -0.4 is 5.32 Å². The molecule has 0 bridgehead atoms. The van der Waals surface area contributed by atoms with Gasteiger partial charge in [0.05, 0.1) is 12.7 Å². The van der Waals surface area contributed by atoms with Gasteiger partial charge in [0.15, 0.2) is 0 Å². The van der Waals surface area contributed by atoms with Crippen molar-refractivity contribution in [3.05, 3.63) is 0 Å². The van der Waals surface area contributed by atoms with Crippen molar-refractivity contribution in [1.82, 2.24) is 10.2 Å². The molecule has 1 heterocycles. The van der Waals surface area contributed by atoms with Gasteiger partial charge in [0.25, 0.3) is 0 Å². The molecule has 2 fully saturated rings. The maximum atomic E-state index is 5.80. The molecule has 2 aliphatic rings. The van der Waals surface area contributed by atoms with Gasteiger partial charge in [-0.1, -0.05) is 27.7 Å². The van der Waals surface area contributed by atoms with E-state index in [0.717, 1.165) is 32.7 Å². The summed E-state index contributed by atoms with van der Waals surface area (Å²) in [6.07, 6.45) is 4.26. The summed E-state index contributed by atoms with van der Waals surface area (Å²) in [5.74, 6) is 0. The van der Waals surface area contributed by atoms with E-state index in [1.807, 2.05) is 0 Å². The number of rotatable bonds is 4. The molecule has 106 valence electrons. The fourth-order valence-corrected chi connectivity index (χ4v) is 3.68. The monoisotopic (exact) mass is 254 g/mol. The molecule has 1 N–H and O–H groups in total. The van der Waals surface area contributed by atoms with Crippen molar-refractivity contribution >= 4 is 0 Å². The summed E-state index contributed by atoms with van der Waals surface area (Å²) in [5, 5.41) is 3.73. The lowest BCUT2D eigenvalue weighted by Crippen LogP contribution is -2.56. The maximum absolute atomic E-state index is 5.80. The number of hydrogen-bond donors (Lipinski definition) is 1. The van der Waals surface area contributed by atoms with Crippen molar-refractivity contribution in [2.75, 3.05) is 26.2 Å². The lowest BCUT2D eigenvalue weighted by atomic mass is 9.86. The zero-order chi connectivity index (χ0) is 13.2. The van der Waals surface area contributed by atoms with Crippen molar-refractivity contribution in [1.29, 1.82) is 0 Å². The van der Waals surface area contributed by atoms with Gasteiger partial charge < -0.3 is 10.1 Å². The van der Waals surface area contributed by atoms with Crippen LogP contribution in [0.15, 0.2) is 0 Å². The van der Waals surface area contributed by atoms with Crippen LogP contribution in [0.25, 0.3) is 0 Å². The first-order valence-corrected chi connectivity index (χ1v) is 7.67.